The number of anilines is 1. The van der Waals surface area contributed by atoms with Gasteiger partial charge in [-0.3, -0.25) is 4.79 Å². The molecule has 3 aromatic rings. The molecular weight excluding hydrogens is 266 g/mol. The van der Waals surface area contributed by atoms with Crippen molar-refractivity contribution in [2.45, 2.75) is 12.8 Å². The lowest BCUT2D eigenvalue weighted by molar-refractivity contribution is 0.932. The van der Waals surface area contributed by atoms with Crippen LogP contribution in [0.3, 0.4) is 0 Å². The lowest BCUT2D eigenvalue weighted by atomic mass is 10.2. The van der Waals surface area contributed by atoms with Crippen LogP contribution in [0.4, 0.5) is 5.82 Å². The molecule has 4 heterocycles. The summed E-state index contributed by atoms with van der Waals surface area (Å²) >= 11 is 0. The van der Waals surface area contributed by atoms with Crippen LogP contribution in [0.1, 0.15) is 12.8 Å². The molecule has 106 valence electrons. The predicted molar refractivity (Wildman–Crippen MR) is 80.5 cm³/mol. The fraction of sp³-hybridized carbons (Fsp3) is 0.267. The van der Waals surface area contributed by atoms with Crippen LogP contribution in [-0.4, -0.2) is 32.7 Å². The highest BCUT2D eigenvalue weighted by atomic mass is 16.1. The molecule has 1 saturated heterocycles. The van der Waals surface area contributed by atoms with Crippen molar-refractivity contribution in [2.75, 3.05) is 18.0 Å². The molecule has 0 aliphatic carbocycles. The maximum atomic E-state index is 12.0. The first-order valence-corrected chi connectivity index (χ1v) is 7.09. The van der Waals surface area contributed by atoms with E-state index >= 15 is 0 Å². The largest absolute Gasteiger partial charge is 0.357 e. The first kappa shape index (κ1) is 12.1. The Morgan fingerprint density at radius 3 is 2.76 bits per heavy atom. The van der Waals surface area contributed by atoms with Gasteiger partial charge in [-0.1, -0.05) is 0 Å². The third kappa shape index (κ3) is 2.08. The van der Waals surface area contributed by atoms with Crippen LogP contribution in [0.15, 0.2) is 41.6 Å². The minimum Gasteiger partial charge on any atom is -0.357 e. The van der Waals surface area contributed by atoms with Gasteiger partial charge in [0.25, 0.3) is 5.56 Å². The molecule has 6 heteroatoms. The molecule has 4 rings (SSSR count). The first-order valence-electron chi connectivity index (χ1n) is 7.09. The van der Waals surface area contributed by atoms with Gasteiger partial charge in [0.2, 0.25) is 0 Å². The molecule has 0 spiro atoms. The maximum Gasteiger partial charge on any atom is 0.274 e. The summed E-state index contributed by atoms with van der Waals surface area (Å²) in [6.45, 7) is 2.14. The van der Waals surface area contributed by atoms with Gasteiger partial charge in [-0.25, -0.2) is 9.50 Å². The summed E-state index contributed by atoms with van der Waals surface area (Å²) in [6, 6.07) is 5.69. The topological polar surface area (TPSA) is 66.3 Å². The summed E-state index contributed by atoms with van der Waals surface area (Å²) in [6.07, 6.45) is 7.68. The van der Waals surface area contributed by atoms with Crippen molar-refractivity contribution in [2.24, 2.45) is 0 Å². The SMILES string of the molecule is O=c1[nH]c(-c2ccc(N3CCCC3)nc2)cn2nccc12. The molecular formula is C15H15N5O. The maximum absolute atomic E-state index is 12.0. The number of nitrogens with zero attached hydrogens (tertiary/aromatic N) is 4. The van der Waals surface area contributed by atoms with Gasteiger partial charge in [0.1, 0.15) is 11.3 Å². The van der Waals surface area contributed by atoms with Crippen LogP contribution in [0.5, 0.6) is 0 Å². The smallest absolute Gasteiger partial charge is 0.274 e. The second kappa shape index (κ2) is 4.73. The van der Waals surface area contributed by atoms with E-state index < -0.39 is 0 Å². The Morgan fingerprint density at radius 2 is 2.00 bits per heavy atom. The Bertz CT molecular complexity index is 827. The van der Waals surface area contributed by atoms with Crippen molar-refractivity contribution in [1.82, 2.24) is 19.6 Å². The number of nitrogens with one attached hydrogen (secondary N) is 1. The molecule has 1 aliphatic heterocycles. The van der Waals surface area contributed by atoms with Gasteiger partial charge in [0, 0.05) is 24.8 Å². The fourth-order valence-electron chi connectivity index (χ4n) is 2.76. The van der Waals surface area contributed by atoms with E-state index in [1.165, 1.54) is 12.8 Å². The van der Waals surface area contributed by atoms with Crippen molar-refractivity contribution < 1.29 is 0 Å². The van der Waals surface area contributed by atoms with Crippen molar-refractivity contribution in [1.29, 1.82) is 0 Å². The van der Waals surface area contributed by atoms with E-state index in [9.17, 15) is 4.79 Å². The predicted octanol–water partition coefficient (Wildman–Crippen LogP) is 1.68. The molecule has 0 bridgehead atoms. The normalized spacial score (nSPS) is 15.0. The molecule has 0 aromatic carbocycles. The second-order valence-corrected chi connectivity index (χ2v) is 5.26. The minimum atomic E-state index is -0.145. The third-order valence-corrected chi connectivity index (χ3v) is 3.89. The highest BCUT2D eigenvalue weighted by Gasteiger charge is 2.13. The average molecular weight is 281 g/mol. The zero-order valence-electron chi connectivity index (χ0n) is 11.5. The van der Waals surface area contributed by atoms with Gasteiger partial charge in [0.05, 0.1) is 18.1 Å². The first-order chi connectivity index (χ1) is 10.3. The number of rotatable bonds is 2. The van der Waals surface area contributed by atoms with E-state index in [0.29, 0.717) is 5.52 Å². The van der Waals surface area contributed by atoms with Gasteiger partial charge in [-0.05, 0) is 31.0 Å². The second-order valence-electron chi connectivity index (χ2n) is 5.26. The summed E-state index contributed by atoms with van der Waals surface area (Å²) in [7, 11) is 0. The van der Waals surface area contributed by atoms with Crippen molar-refractivity contribution in [3.8, 4) is 11.3 Å². The van der Waals surface area contributed by atoms with Crippen molar-refractivity contribution in [3.05, 3.63) is 47.1 Å². The molecule has 3 aromatic heterocycles. The summed E-state index contributed by atoms with van der Waals surface area (Å²) in [5.74, 6) is 0.999. The van der Waals surface area contributed by atoms with Gasteiger partial charge in [-0.2, -0.15) is 5.10 Å². The molecule has 0 amide bonds. The highest BCUT2D eigenvalue weighted by molar-refractivity contribution is 5.61. The standard InChI is InChI=1S/C15H15N5O/c21-15-13-5-6-17-20(13)10-12(18-15)11-3-4-14(16-9-11)19-7-1-2-8-19/h3-6,9-10H,1-2,7-8H2,(H,18,21). The van der Waals surface area contributed by atoms with E-state index in [4.69, 9.17) is 0 Å². The Morgan fingerprint density at radius 1 is 1.14 bits per heavy atom. The van der Waals surface area contributed by atoms with Crippen LogP contribution in [0.2, 0.25) is 0 Å². The fourth-order valence-corrected chi connectivity index (χ4v) is 2.76. The van der Waals surface area contributed by atoms with Crippen LogP contribution >= 0.6 is 0 Å². The number of aromatic amines is 1. The van der Waals surface area contributed by atoms with E-state index in [1.54, 1.807) is 23.0 Å². The molecule has 0 saturated carbocycles. The number of H-pyrrole nitrogens is 1. The number of hydrogen-bond acceptors (Lipinski definition) is 4. The van der Waals surface area contributed by atoms with Crippen molar-refractivity contribution in [3.63, 3.8) is 0 Å². The quantitative estimate of drug-likeness (QED) is 0.776. The molecule has 21 heavy (non-hydrogen) atoms. The van der Waals surface area contributed by atoms with Crippen LogP contribution in [0.25, 0.3) is 16.8 Å². The summed E-state index contributed by atoms with van der Waals surface area (Å²) < 4.78 is 1.59. The third-order valence-electron chi connectivity index (χ3n) is 3.89. The average Bonchev–Trinajstić information content (AvgIpc) is 3.19. The van der Waals surface area contributed by atoms with Gasteiger partial charge < -0.3 is 9.88 Å². The Balaban J connectivity index is 1.72. The Kier molecular flexibility index (Phi) is 2.73. The molecule has 0 radical (unpaired) electrons. The number of fused-ring (bicyclic) bond motifs is 1. The zero-order chi connectivity index (χ0) is 14.2. The lowest BCUT2D eigenvalue weighted by Gasteiger charge is -2.16. The highest BCUT2D eigenvalue weighted by Crippen LogP contribution is 2.21. The molecule has 1 aliphatic rings. The Hall–Kier alpha value is -2.63. The lowest BCUT2D eigenvalue weighted by Crippen LogP contribution is -2.18. The van der Waals surface area contributed by atoms with E-state index in [2.05, 4.69) is 20.0 Å². The monoisotopic (exact) mass is 281 g/mol. The van der Waals surface area contributed by atoms with E-state index in [-0.39, 0.29) is 5.56 Å². The van der Waals surface area contributed by atoms with Crippen LogP contribution in [0, 0.1) is 0 Å². The molecule has 0 unspecified atom stereocenters. The summed E-state index contributed by atoms with van der Waals surface area (Å²) in [4.78, 5) is 21.6. The van der Waals surface area contributed by atoms with Gasteiger partial charge in [-0.15, -0.1) is 0 Å². The van der Waals surface area contributed by atoms with Gasteiger partial charge in [0.15, 0.2) is 0 Å². The van der Waals surface area contributed by atoms with Crippen molar-refractivity contribution >= 4 is 11.3 Å². The molecule has 6 nitrogen and oxygen atoms in total. The van der Waals surface area contributed by atoms with Crippen LogP contribution < -0.4 is 10.5 Å². The molecule has 0 atom stereocenters. The summed E-state index contributed by atoms with van der Waals surface area (Å²) in [5.41, 5.74) is 2.00. The Labute approximate surface area is 121 Å². The van der Waals surface area contributed by atoms with E-state index in [0.717, 1.165) is 30.2 Å². The minimum absolute atomic E-state index is 0.145. The number of hydrogen-bond donors (Lipinski definition) is 1. The molecule has 1 N–H and O–H groups in total. The van der Waals surface area contributed by atoms with Gasteiger partial charge >= 0.3 is 0 Å². The zero-order valence-corrected chi connectivity index (χ0v) is 11.5. The summed E-state index contributed by atoms with van der Waals surface area (Å²) in [5, 5.41) is 4.11. The number of pyridine rings is 1. The van der Waals surface area contributed by atoms with Crippen LogP contribution in [-0.2, 0) is 0 Å². The van der Waals surface area contributed by atoms with E-state index in [1.807, 2.05) is 18.3 Å². The number of aromatic nitrogens is 4. The molecule has 1 fully saturated rings.